The first kappa shape index (κ1) is 25.9. The van der Waals surface area contributed by atoms with Crippen LogP contribution in [0.2, 0.25) is 5.02 Å². The number of likely N-dealkylation sites (tertiary alicyclic amines) is 1. The van der Waals surface area contributed by atoms with Crippen molar-refractivity contribution in [3.8, 4) is 11.3 Å². The van der Waals surface area contributed by atoms with Crippen molar-refractivity contribution >= 4 is 62.6 Å². The molecule has 0 radical (unpaired) electrons. The quantitative estimate of drug-likeness (QED) is 0.268. The Morgan fingerprint density at radius 3 is 2.73 bits per heavy atom. The van der Waals surface area contributed by atoms with E-state index < -0.39 is 0 Å². The van der Waals surface area contributed by atoms with Crippen molar-refractivity contribution in [2.45, 2.75) is 45.2 Å². The smallest absolute Gasteiger partial charge is 0.256 e. The summed E-state index contributed by atoms with van der Waals surface area (Å²) in [6.45, 7) is 8.72. The van der Waals surface area contributed by atoms with Gasteiger partial charge in [-0.1, -0.05) is 23.7 Å². The maximum absolute atomic E-state index is 12.8. The molecular formula is C27H29ClIN7O. The average molecular weight is 630 g/mol. The Kier molecular flexibility index (Phi) is 7.12. The Hall–Kier alpha value is -2.76. The zero-order chi connectivity index (χ0) is 26.3. The zero-order valence-electron chi connectivity index (χ0n) is 21.0. The molecule has 5 rings (SSSR count). The molecule has 1 atom stereocenters. The standard InChI is InChI=1S/C27H29ClIN7O/c1-27(2,3)35-12-6-7-17(15-35)36-24-20(29)14-32-25(30)22(24)23(34-36)18-10-9-16(13-19(18)28)26(37)33-21-8-4-5-11-31-21/h4-5,8-11,13-14,17H,6-7,12,15H2,1-3H3,(H2,30,32)(H,31,33,37)/t17-/m1/s1. The number of carbonyl (C=O) groups is 1. The van der Waals surface area contributed by atoms with Gasteiger partial charge in [-0.3, -0.25) is 14.4 Å². The summed E-state index contributed by atoms with van der Waals surface area (Å²) in [5.74, 6) is 0.596. The third kappa shape index (κ3) is 5.17. The van der Waals surface area contributed by atoms with Crippen LogP contribution >= 0.6 is 34.2 Å². The normalized spacial score (nSPS) is 16.7. The molecule has 0 aliphatic carbocycles. The van der Waals surface area contributed by atoms with Crippen LogP contribution in [0, 0.1) is 3.57 Å². The van der Waals surface area contributed by atoms with E-state index in [1.807, 2.05) is 12.1 Å². The van der Waals surface area contributed by atoms with Crippen LogP contribution < -0.4 is 11.1 Å². The molecule has 8 nitrogen and oxygen atoms in total. The van der Waals surface area contributed by atoms with E-state index in [4.69, 9.17) is 22.4 Å². The van der Waals surface area contributed by atoms with Gasteiger partial charge in [-0.2, -0.15) is 5.10 Å². The summed E-state index contributed by atoms with van der Waals surface area (Å²) in [6, 6.07) is 10.7. The second kappa shape index (κ2) is 10.2. The highest BCUT2D eigenvalue weighted by Gasteiger charge is 2.31. The molecule has 192 valence electrons. The lowest BCUT2D eigenvalue weighted by Crippen LogP contribution is -2.47. The van der Waals surface area contributed by atoms with E-state index in [0.717, 1.165) is 40.4 Å². The highest BCUT2D eigenvalue weighted by atomic mass is 127. The number of benzene rings is 1. The Labute approximate surface area is 234 Å². The lowest BCUT2D eigenvalue weighted by atomic mass is 9.98. The van der Waals surface area contributed by atoms with Gasteiger partial charge in [0.1, 0.15) is 17.3 Å². The number of halogens is 2. The number of nitrogens with zero attached hydrogens (tertiary/aromatic N) is 5. The summed E-state index contributed by atoms with van der Waals surface area (Å²) in [5.41, 5.74) is 9.28. The SMILES string of the molecule is CC(C)(C)N1CCC[C@@H](n2nc(-c3ccc(C(=O)Nc4ccccn4)cc3Cl)c3c(N)ncc(I)c32)C1. The Morgan fingerprint density at radius 2 is 2.03 bits per heavy atom. The van der Waals surface area contributed by atoms with Gasteiger partial charge >= 0.3 is 0 Å². The van der Waals surface area contributed by atoms with Gasteiger partial charge in [0.2, 0.25) is 0 Å². The molecule has 3 N–H and O–H groups in total. The monoisotopic (exact) mass is 629 g/mol. The summed E-state index contributed by atoms with van der Waals surface area (Å²) in [4.78, 5) is 23.9. The Morgan fingerprint density at radius 1 is 1.22 bits per heavy atom. The number of aromatic nitrogens is 4. The van der Waals surface area contributed by atoms with Crippen LogP contribution in [-0.4, -0.2) is 49.2 Å². The van der Waals surface area contributed by atoms with Crippen molar-refractivity contribution in [1.29, 1.82) is 0 Å². The van der Waals surface area contributed by atoms with E-state index in [-0.39, 0.29) is 17.5 Å². The summed E-state index contributed by atoms with van der Waals surface area (Å²) >= 11 is 9.06. The molecule has 1 aliphatic heterocycles. The average Bonchev–Trinajstić information content (AvgIpc) is 3.28. The molecule has 1 saturated heterocycles. The number of pyridine rings is 2. The number of nitrogens with two attached hydrogens (primary N) is 1. The lowest BCUT2D eigenvalue weighted by Gasteiger charge is -2.41. The molecule has 0 unspecified atom stereocenters. The summed E-state index contributed by atoms with van der Waals surface area (Å²) < 4.78 is 3.09. The fraction of sp³-hybridized carbons (Fsp3) is 0.333. The minimum atomic E-state index is -0.289. The number of fused-ring (bicyclic) bond motifs is 1. The van der Waals surface area contributed by atoms with Crippen LogP contribution in [0.3, 0.4) is 0 Å². The molecule has 37 heavy (non-hydrogen) atoms. The van der Waals surface area contributed by atoms with E-state index in [1.165, 1.54) is 0 Å². The van der Waals surface area contributed by atoms with Crippen LogP contribution in [-0.2, 0) is 0 Å². The van der Waals surface area contributed by atoms with Gasteiger partial charge in [0.15, 0.2) is 0 Å². The number of carbonyl (C=O) groups excluding carboxylic acids is 1. The topological polar surface area (TPSA) is 102 Å². The number of nitrogen functional groups attached to an aromatic ring is 1. The van der Waals surface area contributed by atoms with Crippen molar-refractivity contribution in [3.63, 3.8) is 0 Å². The first-order valence-corrected chi connectivity index (χ1v) is 13.7. The molecule has 3 aromatic heterocycles. The van der Waals surface area contributed by atoms with Gasteiger partial charge < -0.3 is 11.1 Å². The van der Waals surface area contributed by atoms with E-state index in [9.17, 15) is 4.79 Å². The lowest BCUT2D eigenvalue weighted by molar-refractivity contribution is 0.0799. The second-order valence-electron chi connectivity index (χ2n) is 10.3. The maximum Gasteiger partial charge on any atom is 0.256 e. The van der Waals surface area contributed by atoms with Crippen LogP contribution in [0.15, 0.2) is 48.8 Å². The summed E-state index contributed by atoms with van der Waals surface area (Å²) in [6.07, 6.45) is 5.54. The molecule has 1 aliphatic rings. The third-order valence-corrected chi connectivity index (χ3v) is 7.90. The van der Waals surface area contributed by atoms with Gasteiger partial charge in [0.25, 0.3) is 5.91 Å². The van der Waals surface area contributed by atoms with Gasteiger partial charge in [0.05, 0.1) is 25.5 Å². The molecule has 1 aromatic carbocycles. The number of rotatable bonds is 4. The Bertz CT molecular complexity index is 1470. The first-order valence-electron chi connectivity index (χ1n) is 12.2. The number of amides is 1. The summed E-state index contributed by atoms with van der Waals surface area (Å²) in [5, 5.41) is 9.08. The number of hydrogen-bond acceptors (Lipinski definition) is 6. The van der Waals surface area contributed by atoms with Gasteiger partial charge in [-0.15, -0.1) is 0 Å². The van der Waals surface area contributed by atoms with Crippen molar-refractivity contribution in [2.75, 3.05) is 24.1 Å². The molecule has 4 aromatic rings. The maximum atomic E-state index is 12.8. The fourth-order valence-corrected chi connectivity index (χ4v) is 5.77. The van der Waals surface area contributed by atoms with Crippen molar-refractivity contribution in [1.82, 2.24) is 24.6 Å². The van der Waals surface area contributed by atoms with Crippen LogP contribution in [0.5, 0.6) is 0 Å². The number of anilines is 2. The van der Waals surface area contributed by atoms with E-state index in [0.29, 0.717) is 33.5 Å². The summed E-state index contributed by atoms with van der Waals surface area (Å²) in [7, 11) is 0. The van der Waals surface area contributed by atoms with Gasteiger partial charge in [0, 0.05) is 35.6 Å². The first-order chi connectivity index (χ1) is 17.6. The van der Waals surface area contributed by atoms with Gasteiger partial charge in [-0.25, -0.2) is 9.97 Å². The number of hydrogen-bond donors (Lipinski definition) is 2. The molecule has 0 bridgehead atoms. The van der Waals surface area contributed by atoms with Crippen molar-refractivity contribution in [3.05, 3.63) is 62.9 Å². The fourth-order valence-electron chi connectivity index (χ4n) is 4.85. The van der Waals surface area contributed by atoms with Crippen molar-refractivity contribution in [2.24, 2.45) is 0 Å². The molecular weight excluding hydrogens is 601 g/mol. The molecule has 0 saturated carbocycles. The second-order valence-corrected chi connectivity index (χ2v) is 11.9. The molecule has 10 heteroatoms. The Balaban J connectivity index is 1.55. The van der Waals surface area contributed by atoms with E-state index in [2.05, 4.69) is 68.2 Å². The molecule has 0 spiro atoms. The molecule has 4 heterocycles. The van der Waals surface area contributed by atoms with E-state index in [1.54, 1.807) is 36.7 Å². The van der Waals surface area contributed by atoms with Crippen LogP contribution in [0.25, 0.3) is 22.2 Å². The number of nitrogens with one attached hydrogen (secondary N) is 1. The van der Waals surface area contributed by atoms with Gasteiger partial charge in [-0.05, 0) is 87.0 Å². The highest BCUT2D eigenvalue weighted by Crippen LogP contribution is 2.40. The predicted octanol–water partition coefficient (Wildman–Crippen LogP) is 6.02. The number of piperidine rings is 1. The van der Waals surface area contributed by atoms with Crippen molar-refractivity contribution < 1.29 is 4.79 Å². The molecule has 1 fully saturated rings. The van der Waals surface area contributed by atoms with E-state index >= 15 is 0 Å². The highest BCUT2D eigenvalue weighted by molar-refractivity contribution is 14.1. The zero-order valence-corrected chi connectivity index (χ0v) is 23.9. The van der Waals surface area contributed by atoms with Crippen LogP contribution in [0.4, 0.5) is 11.6 Å². The molecule has 1 amide bonds. The minimum Gasteiger partial charge on any atom is -0.383 e. The predicted molar refractivity (Wildman–Crippen MR) is 157 cm³/mol. The van der Waals surface area contributed by atoms with Crippen LogP contribution in [0.1, 0.15) is 50.0 Å². The largest absolute Gasteiger partial charge is 0.383 e. The third-order valence-electron chi connectivity index (χ3n) is 6.79. The minimum absolute atomic E-state index is 0.0766.